The summed E-state index contributed by atoms with van der Waals surface area (Å²) in [5, 5.41) is 3.50. The van der Waals surface area contributed by atoms with Crippen molar-refractivity contribution in [1.82, 2.24) is 15.1 Å². The van der Waals surface area contributed by atoms with E-state index in [4.69, 9.17) is 0 Å². The van der Waals surface area contributed by atoms with E-state index in [0.717, 1.165) is 18.6 Å². The van der Waals surface area contributed by atoms with Crippen molar-refractivity contribution in [2.75, 3.05) is 33.2 Å². The van der Waals surface area contributed by atoms with Crippen LogP contribution in [0.2, 0.25) is 0 Å². The summed E-state index contributed by atoms with van der Waals surface area (Å²) < 4.78 is 0. The Balaban J connectivity index is 1.89. The molecule has 2 aliphatic heterocycles. The van der Waals surface area contributed by atoms with Gasteiger partial charge >= 0.3 is 0 Å². The maximum atomic E-state index is 3.50. The van der Waals surface area contributed by atoms with Gasteiger partial charge in [0.25, 0.3) is 0 Å². The van der Waals surface area contributed by atoms with Crippen molar-refractivity contribution in [3.8, 4) is 0 Å². The van der Waals surface area contributed by atoms with Crippen molar-refractivity contribution in [1.29, 1.82) is 0 Å². The summed E-state index contributed by atoms with van der Waals surface area (Å²) in [6, 6.07) is 2.25. The van der Waals surface area contributed by atoms with Crippen LogP contribution in [0, 0.1) is 0 Å². The zero-order chi connectivity index (χ0) is 10.1. The normalized spacial score (nSPS) is 41.8. The minimum Gasteiger partial charge on any atom is -0.312 e. The fraction of sp³-hybridized carbons (Fsp3) is 1.00. The topological polar surface area (TPSA) is 18.5 Å². The molecular formula is C11H23N3. The van der Waals surface area contributed by atoms with Gasteiger partial charge in [0.2, 0.25) is 0 Å². The van der Waals surface area contributed by atoms with Gasteiger partial charge < -0.3 is 10.2 Å². The van der Waals surface area contributed by atoms with Gasteiger partial charge in [0.1, 0.15) is 0 Å². The van der Waals surface area contributed by atoms with Crippen molar-refractivity contribution in [2.24, 2.45) is 0 Å². The second-order valence-corrected chi connectivity index (χ2v) is 5.03. The predicted octanol–water partition coefficient (Wildman–Crippen LogP) is 0.373. The summed E-state index contributed by atoms with van der Waals surface area (Å²) in [4.78, 5) is 5.15. The van der Waals surface area contributed by atoms with Gasteiger partial charge in [-0.25, -0.2) is 0 Å². The van der Waals surface area contributed by atoms with Crippen LogP contribution < -0.4 is 5.32 Å². The van der Waals surface area contributed by atoms with Gasteiger partial charge in [0, 0.05) is 44.3 Å². The molecule has 0 aromatic heterocycles. The number of nitrogens with one attached hydrogen (secondary N) is 1. The van der Waals surface area contributed by atoms with E-state index in [1.165, 1.54) is 26.1 Å². The van der Waals surface area contributed by atoms with Gasteiger partial charge in [-0.15, -0.1) is 0 Å². The molecule has 2 rings (SSSR count). The Morgan fingerprint density at radius 2 is 2.00 bits per heavy atom. The first-order chi connectivity index (χ1) is 6.66. The summed E-state index contributed by atoms with van der Waals surface area (Å²) in [5.41, 5.74) is 0. The van der Waals surface area contributed by atoms with Crippen LogP contribution in [0.5, 0.6) is 0 Å². The molecule has 82 valence electrons. The Bertz CT molecular complexity index is 182. The molecule has 0 bridgehead atoms. The predicted molar refractivity (Wildman–Crippen MR) is 59.5 cm³/mol. The Hall–Kier alpha value is -0.120. The monoisotopic (exact) mass is 197 g/mol. The number of likely N-dealkylation sites (tertiary alicyclic amines) is 1. The molecule has 2 saturated heterocycles. The summed E-state index contributed by atoms with van der Waals surface area (Å²) in [7, 11) is 2.25. The number of rotatable bonds is 1. The summed E-state index contributed by atoms with van der Waals surface area (Å²) in [5.74, 6) is 0. The van der Waals surface area contributed by atoms with E-state index in [-0.39, 0.29) is 0 Å². The second-order valence-electron chi connectivity index (χ2n) is 5.03. The highest BCUT2D eigenvalue weighted by atomic mass is 15.3. The van der Waals surface area contributed by atoms with E-state index in [0.29, 0.717) is 6.04 Å². The minimum atomic E-state index is 0.671. The zero-order valence-electron chi connectivity index (χ0n) is 9.66. The van der Waals surface area contributed by atoms with Crippen LogP contribution in [0.1, 0.15) is 20.3 Å². The van der Waals surface area contributed by atoms with Gasteiger partial charge in [0.05, 0.1) is 0 Å². The third-order valence-electron chi connectivity index (χ3n) is 3.78. The molecule has 2 aliphatic rings. The third kappa shape index (κ3) is 2.10. The summed E-state index contributed by atoms with van der Waals surface area (Å²) >= 11 is 0. The van der Waals surface area contributed by atoms with Crippen LogP contribution in [-0.4, -0.2) is 61.2 Å². The van der Waals surface area contributed by atoms with Gasteiger partial charge in [-0.05, 0) is 27.3 Å². The van der Waals surface area contributed by atoms with E-state index in [1.807, 2.05) is 0 Å². The second kappa shape index (κ2) is 4.17. The number of likely N-dealkylation sites (N-methyl/N-ethyl adjacent to an activating group) is 1. The SMILES string of the molecule is CC1CC(N2CCN[C@@H](C)C2)CN1C. The van der Waals surface area contributed by atoms with E-state index in [9.17, 15) is 0 Å². The van der Waals surface area contributed by atoms with Gasteiger partial charge in [-0.3, -0.25) is 4.90 Å². The maximum absolute atomic E-state index is 3.50. The molecule has 0 amide bonds. The van der Waals surface area contributed by atoms with E-state index < -0.39 is 0 Å². The molecule has 0 aromatic rings. The molecule has 3 atom stereocenters. The molecule has 2 heterocycles. The Morgan fingerprint density at radius 1 is 1.21 bits per heavy atom. The molecule has 0 spiro atoms. The zero-order valence-corrected chi connectivity index (χ0v) is 9.66. The van der Waals surface area contributed by atoms with Crippen molar-refractivity contribution in [3.63, 3.8) is 0 Å². The number of hydrogen-bond donors (Lipinski definition) is 1. The summed E-state index contributed by atoms with van der Waals surface area (Å²) in [6.07, 6.45) is 1.35. The largest absolute Gasteiger partial charge is 0.312 e. The van der Waals surface area contributed by atoms with Gasteiger partial charge in [-0.1, -0.05) is 0 Å². The van der Waals surface area contributed by atoms with Crippen LogP contribution in [0.25, 0.3) is 0 Å². The number of nitrogens with zero attached hydrogens (tertiary/aromatic N) is 2. The number of hydrogen-bond acceptors (Lipinski definition) is 3. The lowest BCUT2D eigenvalue weighted by Crippen LogP contribution is -2.53. The quantitative estimate of drug-likeness (QED) is 0.655. The fourth-order valence-electron chi connectivity index (χ4n) is 2.72. The standard InChI is InChI=1S/C11H23N3/c1-9-7-14(5-4-12-9)11-6-10(2)13(3)8-11/h9-12H,4-8H2,1-3H3/t9-,10?,11?/m0/s1. The lowest BCUT2D eigenvalue weighted by atomic mass is 10.1. The smallest absolute Gasteiger partial charge is 0.0239 e. The van der Waals surface area contributed by atoms with Gasteiger partial charge in [-0.2, -0.15) is 0 Å². The van der Waals surface area contributed by atoms with Crippen molar-refractivity contribution in [3.05, 3.63) is 0 Å². The molecule has 14 heavy (non-hydrogen) atoms. The first kappa shape index (κ1) is 10.4. The molecule has 0 aliphatic carbocycles. The van der Waals surface area contributed by atoms with Crippen LogP contribution in [-0.2, 0) is 0 Å². The fourth-order valence-corrected chi connectivity index (χ4v) is 2.72. The molecule has 2 unspecified atom stereocenters. The van der Waals surface area contributed by atoms with Crippen molar-refractivity contribution < 1.29 is 0 Å². The first-order valence-electron chi connectivity index (χ1n) is 5.84. The molecule has 1 N–H and O–H groups in total. The van der Waals surface area contributed by atoms with Crippen LogP contribution in [0.15, 0.2) is 0 Å². The Labute approximate surface area is 87.4 Å². The van der Waals surface area contributed by atoms with Crippen LogP contribution in [0.3, 0.4) is 0 Å². The van der Waals surface area contributed by atoms with E-state index >= 15 is 0 Å². The average molecular weight is 197 g/mol. The molecule has 0 saturated carbocycles. The lowest BCUT2D eigenvalue weighted by Gasteiger charge is -2.36. The molecular weight excluding hydrogens is 174 g/mol. The number of piperazine rings is 1. The maximum Gasteiger partial charge on any atom is 0.0239 e. The van der Waals surface area contributed by atoms with Crippen molar-refractivity contribution in [2.45, 2.75) is 38.4 Å². The highest BCUT2D eigenvalue weighted by Gasteiger charge is 2.32. The van der Waals surface area contributed by atoms with E-state index in [1.54, 1.807) is 0 Å². The first-order valence-corrected chi connectivity index (χ1v) is 5.84. The molecule has 0 radical (unpaired) electrons. The highest BCUT2D eigenvalue weighted by molar-refractivity contribution is 4.90. The van der Waals surface area contributed by atoms with Crippen LogP contribution in [0.4, 0.5) is 0 Å². The average Bonchev–Trinajstić information content (AvgIpc) is 2.47. The van der Waals surface area contributed by atoms with E-state index in [2.05, 4.69) is 36.0 Å². The minimum absolute atomic E-state index is 0.671. The lowest BCUT2D eigenvalue weighted by molar-refractivity contribution is 0.151. The Morgan fingerprint density at radius 3 is 2.57 bits per heavy atom. The molecule has 3 heteroatoms. The molecule has 3 nitrogen and oxygen atoms in total. The van der Waals surface area contributed by atoms with Crippen molar-refractivity contribution >= 4 is 0 Å². The molecule has 2 fully saturated rings. The summed E-state index contributed by atoms with van der Waals surface area (Å²) in [6.45, 7) is 9.50. The molecule has 0 aromatic carbocycles. The third-order valence-corrected chi connectivity index (χ3v) is 3.78. The van der Waals surface area contributed by atoms with Gasteiger partial charge in [0.15, 0.2) is 0 Å². The highest BCUT2D eigenvalue weighted by Crippen LogP contribution is 2.20. The van der Waals surface area contributed by atoms with Crippen LogP contribution >= 0.6 is 0 Å². The Kier molecular flexibility index (Phi) is 3.10.